The predicted octanol–water partition coefficient (Wildman–Crippen LogP) is 3.66. The minimum atomic E-state index is 0.478. The van der Waals surface area contributed by atoms with Gasteiger partial charge >= 0.3 is 0 Å². The lowest BCUT2D eigenvalue weighted by atomic mass is 10.1. The second kappa shape index (κ2) is 5.98. The molecule has 3 rings (SSSR count). The van der Waals surface area contributed by atoms with E-state index in [1.165, 1.54) is 43.2 Å². The lowest BCUT2D eigenvalue weighted by Gasteiger charge is -2.26. The van der Waals surface area contributed by atoms with Gasteiger partial charge < -0.3 is 10.2 Å². The summed E-state index contributed by atoms with van der Waals surface area (Å²) in [6.45, 7) is 4.97. The fourth-order valence-corrected chi connectivity index (χ4v) is 3.26. The number of likely N-dealkylation sites (tertiary alicyclic amines) is 1. The molecule has 2 heterocycles. The highest BCUT2D eigenvalue weighted by atomic mass is 16.3. The van der Waals surface area contributed by atoms with Crippen LogP contribution in [-0.2, 0) is 13.1 Å². The molecule has 1 fully saturated rings. The fourth-order valence-electron chi connectivity index (χ4n) is 3.26. The van der Waals surface area contributed by atoms with E-state index in [4.69, 9.17) is 10.2 Å². The van der Waals surface area contributed by atoms with E-state index in [0.29, 0.717) is 12.6 Å². The van der Waals surface area contributed by atoms with E-state index in [0.717, 1.165) is 17.9 Å². The van der Waals surface area contributed by atoms with Crippen LogP contribution in [0.25, 0.3) is 11.0 Å². The summed E-state index contributed by atoms with van der Waals surface area (Å²) in [5.74, 6) is 0.947. The van der Waals surface area contributed by atoms with Crippen LogP contribution in [0.5, 0.6) is 0 Å². The summed E-state index contributed by atoms with van der Waals surface area (Å²) in [4.78, 5) is 2.59. The van der Waals surface area contributed by atoms with Crippen LogP contribution in [0.2, 0.25) is 0 Å². The maximum Gasteiger partial charge on any atom is 0.134 e. The molecule has 2 aromatic rings. The Kier molecular flexibility index (Phi) is 4.08. The summed E-state index contributed by atoms with van der Waals surface area (Å²) in [6.07, 6.45) is 5.32. The summed E-state index contributed by atoms with van der Waals surface area (Å²) < 4.78 is 5.90. The van der Waals surface area contributed by atoms with Crippen LogP contribution in [0.4, 0.5) is 0 Å². The third-order valence-corrected chi connectivity index (χ3v) is 4.52. The lowest BCUT2D eigenvalue weighted by molar-refractivity contribution is 0.204. The van der Waals surface area contributed by atoms with Crippen molar-refractivity contribution in [3.8, 4) is 0 Å². The molecule has 2 N–H and O–H groups in total. The van der Waals surface area contributed by atoms with E-state index in [2.05, 4.69) is 24.0 Å². The second-order valence-electron chi connectivity index (χ2n) is 5.87. The molecule has 0 amide bonds. The number of para-hydroxylation sites is 1. The highest BCUT2D eigenvalue weighted by molar-refractivity contribution is 5.82. The molecule has 1 unspecified atom stereocenters. The fraction of sp³-hybridized carbons (Fsp3) is 0.529. The van der Waals surface area contributed by atoms with Gasteiger partial charge in [-0.15, -0.1) is 0 Å². The predicted molar refractivity (Wildman–Crippen MR) is 82.4 cm³/mol. The molecule has 20 heavy (non-hydrogen) atoms. The molecule has 0 spiro atoms. The van der Waals surface area contributed by atoms with Gasteiger partial charge in [-0.2, -0.15) is 0 Å². The molecule has 3 heteroatoms. The van der Waals surface area contributed by atoms with Crippen molar-refractivity contribution in [1.29, 1.82) is 0 Å². The Hall–Kier alpha value is -1.32. The number of hydrogen-bond acceptors (Lipinski definition) is 3. The Morgan fingerprint density at radius 3 is 2.95 bits per heavy atom. The first kappa shape index (κ1) is 13.7. The van der Waals surface area contributed by atoms with E-state index in [1.807, 2.05) is 12.1 Å². The molecule has 1 aromatic carbocycles. The Labute approximate surface area is 120 Å². The van der Waals surface area contributed by atoms with Crippen molar-refractivity contribution in [1.82, 2.24) is 4.90 Å². The first-order chi connectivity index (χ1) is 9.79. The minimum absolute atomic E-state index is 0.478. The van der Waals surface area contributed by atoms with Crippen LogP contribution in [-0.4, -0.2) is 17.5 Å². The van der Waals surface area contributed by atoms with E-state index >= 15 is 0 Å². The number of rotatable bonds is 3. The highest BCUT2D eigenvalue weighted by Gasteiger charge is 2.21. The van der Waals surface area contributed by atoms with Gasteiger partial charge in [0.05, 0.1) is 6.54 Å². The number of hydrogen-bond donors (Lipinski definition) is 1. The van der Waals surface area contributed by atoms with Crippen molar-refractivity contribution in [2.75, 3.05) is 6.54 Å². The Morgan fingerprint density at radius 1 is 1.25 bits per heavy atom. The van der Waals surface area contributed by atoms with Crippen LogP contribution in [0.3, 0.4) is 0 Å². The third kappa shape index (κ3) is 2.60. The lowest BCUT2D eigenvalue weighted by Crippen LogP contribution is -2.32. The van der Waals surface area contributed by atoms with Crippen LogP contribution in [0.15, 0.2) is 28.7 Å². The molecule has 0 saturated carbocycles. The number of nitrogens with two attached hydrogens (primary N) is 1. The summed E-state index contributed by atoms with van der Waals surface area (Å²) in [6, 6.07) is 8.93. The normalized spacial score (nSPS) is 21.2. The number of furan rings is 1. The van der Waals surface area contributed by atoms with Crippen molar-refractivity contribution < 1.29 is 4.42 Å². The average molecular weight is 272 g/mol. The zero-order chi connectivity index (χ0) is 13.9. The van der Waals surface area contributed by atoms with Gasteiger partial charge in [0.15, 0.2) is 0 Å². The molecule has 0 radical (unpaired) electrons. The minimum Gasteiger partial charge on any atom is -0.459 e. The SMILES string of the molecule is CC1CCCCCN1Cc1c(CN)oc2ccccc12. The van der Waals surface area contributed by atoms with Crippen LogP contribution in [0.1, 0.15) is 43.9 Å². The standard InChI is InChI=1S/C17H24N2O/c1-13-7-3-2-6-10-19(13)12-15-14-8-4-5-9-16(14)20-17(15)11-18/h4-5,8-9,13H,2-3,6-7,10-12,18H2,1H3. The van der Waals surface area contributed by atoms with E-state index in [-0.39, 0.29) is 0 Å². The average Bonchev–Trinajstić information content (AvgIpc) is 2.70. The molecule has 1 aromatic heterocycles. The topological polar surface area (TPSA) is 42.4 Å². The summed E-state index contributed by atoms with van der Waals surface area (Å²) in [7, 11) is 0. The molecular weight excluding hydrogens is 248 g/mol. The largest absolute Gasteiger partial charge is 0.459 e. The Balaban J connectivity index is 1.92. The van der Waals surface area contributed by atoms with Crippen molar-refractivity contribution >= 4 is 11.0 Å². The van der Waals surface area contributed by atoms with E-state index in [9.17, 15) is 0 Å². The number of benzene rings is 1. The van der Waals surface area contributed by atoms with Gasteiger partial charge in [0.2, 0.25) is 0 Å². The molecule has 0 aliphatic carbocycles. The first-order valence-electron chi connectivity index (χ1n) is 7.73. The molecular formula is C17H24N2O. The van der Waals surface area contributed by atoms with Crippen molar-refractivity contribution in [2.24, 2.45) is 5.73 Å². The molecule has 108 valence electrons. The maximum absolute atomic E-state index is 5.90. The zero-order valence-electron chi connectivity index (χ0n) is 12.3. The Bertz CT molecular complexity index is 575. The quantitative estimate of drug-likeness (QED) is 0.927. The van der Waals surface area contributed by atoms with E-state index in [1.54, 1.807) is 0 Å². The number of nitrogens with zero attached hydrogens (tertiary/aromatic N) is 1. The summed E-state index contributed by atoms with van der Waals surface area (Å²) >= 11 is 0. The first-order valence-corrected chi connectivity index (χ1v) is 7.73. The molecule has 3 nitrogen and oxygen atoms in total. The van der Waals surface area contributed by atoms with Crippen molar-refractivity contribution in [3.63, 3.8) is 0 Å². The van der Waals surface area contributed by atoms with E-state index < -0.39 is 0 Å². The monoisotopic (exact) mass is 272 g/mol. The zero-order valence-corrected chi connectivity index (χ0v) is 12.3. The van der Waals surface area contributed by atoms with Gasteiger partial charge in [-0.05, 0) is 32.4 Å². The third-order valence-electron chi connectivity index (χ3n) is 4.52. The number of fused-ring (bicyclic) bond motifs is 1. The van der Waals surface area contributed by atoms with Crippen molar-refractivity contribution in [2.45, 2.75) is 51.7 Å². The van der Waals surface area contributed by atoms with Gasteiger partial charge in [0, 0.05) is 23.5 Å². The molecule has 1 aliphatic rings. The summed E-state index contributed by atoms with van der Waals surface area (Å²) in [5.41, 5.74) is 8.12. The smallest absolute Gasteiger partial charge is 0.134 e. The molecule has 1 saturated heterocycles. The van der Waals surface area contributed by atoms with Gasteiger partial charge in [-0.3, -0.25) is 4.90 Å². The highest BCUT2D eigenvalue weighted by Crippen LogP contribution is 2.28. The molecule has 1 atom stereocenters. The molecule has 1 aliphatic heterocycles. The van der Waals surface area contributed by atoms with Crippen LogP contribution < -0.4 is 5.73 Å². The van der Waals surface area contributed by atoms with Crippen molar-refractivity contribution in [3.05, 3.63) is 35.6 Å². The van der Waals surface area contributed by atoms with Gasteiger partial charge in [-0.1, -0.05) is 31.0 Å². The van der Waals surface area contributed by atoms with Crippen LogP contribution >= 0.6 is 0 Å². The molecule has 0 bridgehead atoms. The maximum atomic E-state index is 5.90. The van der Waals surface area contributed by atoms with Gasteiger partial charge in [0.1, 0.15) is 11.3 Å². The second-order valence-corrected chi connectivity index (χ2v) is 5.87. The van der Waals surface area contributed by atoms with Crippen LogP contribution in [0, 0.1) is 0 Å². The summed E-state index contributed by atoms with van der Waals surface area (Å²) in [5, 5.41) is 1.23. The van der Waals surface area contributed by atoms with Gasteiger partial charge in [0.25, 0.3) is 0 Å². The van der Waals surface area contributed by atoms with Gasteiger partial charge in [-0.25, -0.2) is 0 Å². The Morgan fingerprint density at radius 2 is 2.10 bits per heavy atom.